The number of sulfone groups is 1. The number of amides is 1. The van der Waals surface area contributed by atoms with E-state index in [2.05, 4.69) is 0 Å². The summed E-state index contributed by atoms with van der Waals surface area (Å²) in [6.45, 7) is 2.32. The Morgan fingerprint density at radius 3 is 2.50 bits per heavy atom. The minimum Gasteiger partial charge on any atom is -0.480 e. The van der Waals surface area contributed by atoms with Crippen molar-refractivity contribution < 1.29 is 23.1 Å². The van der Waals surface area contributed by atoms with Crippen molar-refractivity contribution in [2.75, 3.05) is 6.54 Å². The zero-order valence-corrected chi connectivity index (χ0v) is 15.8. The quantitative estimate of drug-likeness (QED) is 0.862. The summed E-state index contributed by atoms with van der Waals surface area (Å²) in [6.07, 6.45) is 1.14. The van der Waals surface area contributed by atoms with Gasteiger partial charge in [-0.15, -0.1) is 11.3 Å². The van der Waals surface area contributed by atoms with E-state index in [-0.39, 0.29) is 19.9 Å². The summed E-state index contributed by atoms with van der Waals surface area (Å²) >= 11 is 0.879. The SMILES string of the molecule is CC1CCN(C(=O)c2ccc(S(=O)(=O)c3ccccc3)s2)C(C(=O)O)C1. The van der Waals surface area contributed by atoms with Crippen molar-refractivity contribution in [3.63, 3.8) is 0 Å². The van der Waals surface area contributed by atoms with E-state index >= 15 is 0 Å². The first-order chi connectivity index (χ1) is 12.3. The lowest BCUT2D eigenvalue weighted by Gasteiger charge is -2.35. The third-order valence-electron chi connectivity index (χ3n) is 4.52. The van der Waals surface area contributed by atoms with Gasteiger partial charge in [0, 0.05) is 6.54 Å². The van der Waals surface area contributed by atoms with Crippen molar-refractivity contribution in [2.24, 2.45) is 5.92 Å². The lowest BCUT2D eigenvalue weighted by molar-refractivity contribution is -0.144. The second-order valence-electron chi connectivity index (χ2n) is 6.42. The van der Waals surface area contributed by atoms with Crippen LogP contribution in [0.15, 0.2) is 51.6 Å². The van der Waals surface area contributed by atoms with Crippen molar-refractivity contribution in [1.82, 2.24) is 4.90 Å². The molecule has 0 spiro atoms. The van der Waals surface area contributed by atoms with Crippen molar-refractivity contribution >= 4 is 33.1 Å². The molecule has 2 aromatic rings. The molecule has 1 saturated heterocycles. The molecule has 2 unspecified atom stereocenters. The topological polar surface area (TPSA) is 91.8 Å². The van der Waals surface area contributed by atoms with Crippen LogP contribution in [0.1, 0.15) is 29.4 Å². The van der Waals surface area contributed by atoms with Crippen LogP contribution in [-0.2, 0) is 14.6 Å². The third-order valence-corrected chi connectivity index (χ3v) is 7.86. The fourth-order valence-electron chi connectivity index (χ4n) is 3.06. The molecule has 3 rings (SSSR count). The normalized spacial score (nSPS) is 20.7. The summed E-state index contributed by atoms with van der Waals surface area (Å²) in [5.41, 5.74) is 0. The number of hydrogen-bond acceptors (Lipinski definition) is 5. The summed E-state index contributed by atoms with van der Waals surface area (Å²) in [5.74, 6) is -1.22. The third kappa shape index (κ3) is 3.52. The van der Waals surface area contributed by atoms with E-state index in [0.717, 1.165) is 17.8 Å². The predicted octanol–water partition coefficient (Wildman–Crippen LogP) is 2.91. The highest BCUT2D eigenvalue weighted by Gasteiger charge is 2.36. The molecule has 26 heavy (non-hydrogen) atoms. The van der Waals surface area contributed by atoms with Crippen molar-refractivity contribution in [1.29, 1.82) is 0 Å². The second-order valence-corrected chi connectivity index (χ2v) is 9.68. The molecule has 1 fully saturated rings. The summed E-state index contributed by atoms with van der Waals surface area (Å²) in [7, 11) is -3.69. The highest BCUT2D eigenvalue weighted by atomic mass is 32.2. The van der Waals surface area contributed by atoms with Gasteiger partial charge in [0.1, 0.15) is 10.3 Å². The number of rotatable bonds is 4. The molecule has 0 saturated carbocycles. The summed E-state index contributed by atoms with van der Waals surface area (Å²) < 4.78 is 25.4. The standard InChI is InChI=1S/C18H19NO5S2/c1-12-9-10-19(14(11-12)18(21)22)17(20)15-7-8-16(25-15)26(23,24)13-5-3-2-4-6-13/h2-8,12,14H,9-11H2,1H3,(H,21,22). The van der Waals surface area contributed by atoms with Crippen LogP contribution in [0.2, 0.25) is 0 Å². The van der Waals surface area contributed by atoms with Crippen LogP contribution in [0, 0.1) is 5.92 Å². The van der Waals surface area contributed by atoms with Crippen LogP contribution in [0.4, 0.5) is 0 Å². The van der Waals surface area contributed by atoms with Crippen LogP contribution >= 0.6 is 11.3 Å². The Hall–Kier alpha value is -2.19. The van der Waals surface area contributed by atoms with Crippen molar-refractivity contribution in [2.45, 2.75) is 34.9 Å². The monoisotopic (exact) mass is 393 g/mol. The van der Waals surface area contributed by atoms with E-state index in [1.54, 1.807) is 18.2 Å². The number of aliphatic carboxylic acids is 1. The van der Waals surface area contributed by atoms with Gasteiger partial charge in [0.15, 0.2) is 0 Å². The number of likely N-dealkylation sites (tertiary alicyclic amines) is 1. The van der Waals surface area contributed by atoms with Gasteiger partial charge in [-0.2, -0.15) is 0 Å². The molecular weight excluding hydrogens is 374 g/mol. The molecule has 1 aromatic heterocycles. The van der Waals surface area contributed by atoms with Gasteiger partial charge in [0.25, 0.3) is 5.91 Å². The minimum absolute atomic E-state index is 0.0734. The van der Waals surface area contributed by atoms with E-state index in [1.807, 2.05) is 6.92 Å². The average Bonchev–Trinajstić information content (AvgIpc) is 3.12. The lowest BCUT2D eigenvalue weighted by Crippen LogP contribution is -2.49. The molecule has 2 atom stereocenters. The first-order valence-electron chi connectivity index (χ1n) is 8.24. The molecule has 2 heterocycles. The van der Waals surface area contributed by atoms with Gasteiger partial charge >= 0.3 is 5.97 Å². The van der Waals surface area contributed by atoms with Gasteiger partial charge in [-0.3, -0.25) is 4.79 Å². The number of hydrogen-bond donors (Lipinski definition) is 1. The van der Waals surface area contributed by atoms with E-state index < -0.39 is 27.8 Å². The molecule has 1 amide bonds. The maximum Gasteiger partial charge on any atom is 0.326 e. The van der Waals surface area contributed by atoms with E-state index in [4.69, 9.17) is 0 Å². The van der Waals surface area contributed by atoms with Crippen molar-refractivity contribution in [3.05, 3.63) is 47.3 Å². The average molecular weight is 393 g/mol. The summed E-state index contributed by atoms with van der Waals surface area (Å²) in [5, 5.41) is 9.42. The summed E-state index contributed by atoms with van der Waals surface area (Å²) in [4.78, 5) is 26.0. The zero-order valence-electron chi connectivity index (χ0n) is 14.2. The van der Waals surface area contributed by atoms with Crippen molar-refractivity contribution in [3.8, 4) is 0 Å². The molecule has 6 nitrogen and oxygen atoms in total. The molecule has 8 heteroatoms. The Kier molecular flexibility index (Phi) is 5.15. The molecule has 0 radical (unpaired) electrons. The maximum atomic E-state index is 12.8. The number of carboxylic acids is 1. The Bertz CT molecular complexity index is 920. The molecule has 1 N–H and O–H groups in total. The minimum atomic E-state index is -3.69. The lowest BCUT2D eigenvalue weighted by atomic mass is 9.92. The van der Waals surface area contributed by atoms with Gasteiger partial charge < -0.3 is 10.0 Å². The second kappa shape index (κ2) is 7.20. The van der Waals surface area contributed by atoms with Crippen LogP contribution < -0.4 is 0 Å². The molecule has 1 aliphatic heterocycles. The van der Waals surface area contributed by atoms with Gasteiger partial charge in [-0.25, -0.2) is 13.2 Å². The number of piperidine rings is 1. The van der Waals surface area contributed by atoms with Crippen LogP contribution in [0.25, 0.3) is 0 Å². The van der Waals surface area contributed by atoms with E-state index in [1.165, 1.54) is 29.2 Å². The fraction of sp³-hybridized carbons (Fsp3) is 0.333. The van der Waals surface area contributed by atoms with E-state index in [0.29, 0.717) is 13.0 Å². The Morgan fingerprint density at radius 1 is 1.15 bits per heavy atom. The smallest absolute Gasteiger partial charge is 0.326 e. The Morgan fingerprint density at radius 2 is 1.85 bits per heavy atom. The highest BCUT2D eigenvalue weighted by molar-refractivity contribution is 7.93. The van der Waals surface area contributed by atoms with Crippen LogP contribution in [0.5, 0.6) is 0 Å². The molecule has 138 valence electrons. The molecule has 1 aliphatic rings. The maximum absolute atomic E-state index is 12.8. The molecule has 0 aliphatic carbocycles. The largest absolute Gasteiger partial charge is 0.480 e. The molecule has 1 aromatic carbocycles. The predicted molar refractivity (Wildman–Crippen MR) is 97.1 cm³/mol. The Balaban J connectivity index is 1.88. The van der Waals surface area contributed by atoms with Gasteiger partial charge in [-0.1, -0.05) is 25.1 Å². The number of carbonyl (C=O) groups is 2. The summed E-state index contributed by atoms with van der Waals surface area (Å²) in [6, 6.07) is 10.0. The Labute approximate surface area is 156 Å². The van der Waals surface area contributed by atoms with Gasteiger partial charge in [0.05, 0.1) is 9.77 Å². The first-order valence-corrected chi connectivity index (χ1v) is 10.5. The van der Waals surface area contributed by atoms with E-state index in [9.17, 15) is 23.1 Å². The number of nitrogens with zero attached hydrogens (tertiary/aromatic N) is 1. The number of carboxylic acid groups (broad SMARTS) is 1. The van der Waals surface area contributed by atoms with Gasteiger partial charge in [-0.05, 0) is 43.0 Å². The first kappa shape index (κ1) is 18.6. The zero-order chi connectivity index (χ0) is 18.9. The molecular formula is C18H19NO5S2. The fourth-order valence-corrected chi connectivity index (χ4v) is 5.74. The van der Waals surface area contributed by atoms with Crippen LogP contribution in [0.3, 0.4) is 0 Å². The molecule has 0 bridgehead atoms. The number of benzene rings is 1. The van der Waals surface area contributed by atoms with Gasteiger partial charge in [0.2, 0.25) is 9.84 Å². The van der Waals surface area contributed by atoms with Crippen LogP contribution in [-0.4, -0.2) is 42.9 Å². The number of carbonyl (C=O) groups excluding carboxylic acids is 1. The number of thiophene rings is 1. The highest BCUT2D eigenvalue weighted by Crippen LogP contribution is 2.30.